The molecule has 0 aromatic heterocycles. The average molecular weight is 459 g/mol. The lowest BCUT2D eigenvalue weighted by atomic mass is 9.97. The van der Waals surface area contributed by atoms with Crippen molar-refractivity contribution in [1.82, 2.24) is 0 Å². The summed E-state index contributed by atoms with van der Waals surface area (Å²) in [5, 5.41) is 8.96. The second-order valence-corrected chi connectivity index (χ2v) is 8.48. The van der Waals surface area contributed by atoms with Crippen molar-refractivity contribution >= 4 is 23.4 Å². The van der Waals surface area contributed by atoms with Crippen molar-refractivity contribution in [2.75, 3.05) is 18.1 Å². The summed E-state index contributed by atoms with van der Waals surface area (Å²) in [6.45, 7) is -0.258. The average Bonchev–Trinajstić information content (AvgIpc) is 3.59. The van der Waals surface area contributed by atoms with Crippen LogP contribution in [0.15, 0.2) is 78.9 Å². The fourth-order valence-corrected chi connectivity index (χ4v) is 4.62. The third-order valence-corrected chi connectivity index (χ3v) is 6.25. The molecule has 0 bridgehead atoms. The number of hydrogen-bond donors (Lipinski definition) is 1. The van der Waals surface area contributed by atoms with Gasteiger partial charge in [0, 0.05) is 5.56 Å². The number of para-hydroxylation sites is 2. The van der Waals surface area contributed by atoms with Crippen LogP contribution in [0, 0.1) is 0 Å². The maximum absolute atomic E-state index is 13.3. The predicted octanol–water partition coefficient (Wildman–Crippen LogP) is 5.27. The number of fused-ring (bicyclic) bond motifs is 3. The van der Waals surface area contributed by atoms with Gasteiger partial charge in [0.15, 0.2) is 6.61 Å². The maximum atomic E-state index is 13.3. The molecule has 3 aromatic carbocycles. The first-order valence-corrected chi connectivity index (χ1v) is 11.3. The summed E-state index contributed by atoms with van der Waals surface area (Å²) in [6, 6.07) is 24.4. The lowest BCUT2D eigenvalue weighted by Crippen LogP contribution is -2.31. The maximum Gasteiger partial charge on any atom is 0.419 e. The molecule has 3 aromatic rings. The number of anilines is 2. The van der Waals surface area contributed by atoms with Gasteiger partial charge in [0.25, 0.3) is 0 Å². The molecule has 34 heavy (non-hydrogen) atoms. The minimum atomic E-state index is -1.02. The van der Waals surface area contributed by atoms with Gasteiger partial charge in [-0.05, 0) is 55.2 Å². The number of nitrogens with zero attached hydrogens (tertiary/aromatic N) is 1. The highest BCUT2D eigenvalue weighted by atomic mass is 16.6. The van der Waals surface area contributed by atoms with Crippen LogP contribution < -0.4 is 9.64 Å². The van der Waals surface area contributed by atoms with E-state index in [0.29, 0.717) is 5.75 Å². The number of carbonyl (C=O) groups is 2. The third-order valence-electron chi connectivity index (χ3n) is 6.25. The SMILES string of the molecule is O=C(O)COc1cccc2c1CCCC1(COC(=O)N(c3ccccc3)c3ccccc3)OC21. The first kappa shape index (κ1) is 22.0. The van der Waals surface area contributed by atoms with E-state index in [1.807, 2.05) is 72.8 Å². The molecule has 1 saturated heterocycles. The number of carboxylic acids is 1. The van der Waals surface area contributed by atoms with E-state index in [1.165, 1.54) is 0 Å². The Morgan fingerprint density at radius 3 is 2.29 bits per heavy atom. The zero-order chi connectivity index (χ0) is 23.5. The summed E-state index contributed by atoms with van der Waals surface area (Å²) in [5.41, 5.74) is 2.80. The molecule has 1 aliphatic carbocycles. The number of carboxylic acid groups (broad SMARTS) is 1. The number of amides is 1. The van der Waals surface area contributed by atoms with Crippen LogP contribution in [0.2, 0.25) is 0 Å². The molecular formula is C27H25NO6. The number of benzene rings is 3. The van der Waals surface area contributed by atoms with E-state index in [-0.39, 0.29) is 19.3 Å². The standard InChI is InChI=1S/C27H25NO6/c29-24(30)17-32-23-15-7-13-22-21(23)14-8-16-27(25(22)34-27)18-33-26(31)28(19-9-3-1-4-10-19)20-11-5-2-6-12-20/h1-7,9-13,15,25H,8,14,16-18H2,(H,29,30). The molecule has 7 heteroatoms. The largest absolute Gasteiger partial charge is 0.482 e. The highest BCUT2D eigenvalue weighted by Crippen LogP contribution is 2.56. The van der Waals surface area contributed by atoms with E-state index < -0.39 is 17.7 Å². The van der Waals surface area contributed by atoms with Crippen LogP contribution in [-0.4, -0.2) is 36.0 Å². The number of epoxide rings is 1. The summed E-state index contributed by atoms with van der Waals surface area (Å²) in [6.07, 6.45) is 1.61. The number of ether oxygens (including phenoxy) is 3. The Morgan fingerprint density at radius 1 is 0.971 bits per heavy atom. The van der Waals surface area contributed by atoms with Gasteiger partial charge in [0.2, 0.25) is 0 Å². The molecule has 2 aliphatic rings. The number of hydrogen-bond acceptors (Lipinski definition) is 5. The second-order valence-electron chi connectivity index (χ2n) is 8.48. The molecule has 0 spiro atoms. The Hall–Kier alpha value is -3.84. The monoisotopic (exact) mass is 459 g/mol. The van der Waals surface area contributed by atoms with Gasteiger partial charge in [-0.2, -0.15) is 0 Å². The van der Waals surface area contributed by atoms with Gasteiger partial charge in [-0.15, -0.1) is 0 Å². The molecular weight excluding hydrogens is 434 g/mol. The van der Waals surface area contributed by atoms with Crippen LogP contribution in [0.3, 0.4) is 0 Å². The quantitative estimate of drug-likeness (QED) is 0.484. The van der Waals surface area contributed by atoms with E-state index in [0.717, 1.165) is 41.8 Å². The predicted molar refractivity (Wildman–Crippen MR) is 125 cm³/mol. The Labute approximate surface area is 197 Å². The van der Waals surface area contributed by atoms with Crippen LogP contribution in [0.5, 0.6) is 5.75 Å². The lowest BCUT2D eigenvalue weighted by Gasteiger charge is -2.23. The van der Waals surface area contributed by atoms with Crippen molar-refractivity contribution in [2.24, 2.45) is 0 Å². The van der Waals surface area contributed by atoms with Gasteiger partial charge in [-0.1, -0.05) is 48.5 Å². The normalized spacial score (nSPS) is 20.3. The molecule has 1 N–H and O–H groups in total. The van der Waals surface area contributed by atoms with Crippen LogP contribution in [0.1, 0.15) is 30.1 Å². The van der Waals surface area contributed by atoms with Crippen molar-refractivity contribution in [3.05, 3.63) is 90.0 Å². The zero-order valence-electron chi connectivity index (χ0n) is 18.6. The number of carbonyl (C=O) groups excluding carboxylic acids is 1. The number of aliphatic carboxylic acids is 1. The van der Waals surface area contributed by atoms with Gasteiger partial charge >= 0.3 is 12.1 Å². The summed E-state index contributed by atoms with van der Waals surface area (Å²) < 4.78 is 17.5. The van der Waals surface area contributed by atoms with Crippen LogP contribution in [0.4, 0.5) is 16.2 Å². The molecule has 5 rings (SSSR count). The van der Waals surface area contributed by atoms with Crippen molar-refractivity contribution in [1.29, 1.82) is 0 Å². The van der Waals surface area contributed by atoms with Crippen LogP contribution >= 0.6 is 0 Å². The molecule has 0 radical (unpaired) electrons. The summed E-state index contributed by atoms with van der Waals surface area (Å²) in [4.78, 5) is 25.7. The minimum Gasteiger partial charge on any atom is -0.482 e. The van der Waals surface area contributed by atoms with E-state index in [4.69, 9.17) is 19.3 Å². The van der Waals surface area contributed by atoms with Crippen molar-refractivity contribution in [3.8, 4) is 5.75 Å². The molecule has 2 atom stereocenters. The highest BCUT2D eigenvalue weighted by molar-refractivity contribution is 5.95. The Bertz CT molecular complexity index is 1140. The lowest BCUT2D eigenvalue weighted by molar-refractivity contribution is -0.139. The Kier molecular flexibility index (Phi) is 5.94. The van der Waals surface area contributed by atoms with Crippen molar-refractivity contribution in [2.45, 2.75) is 31.0 Å². The highest BCUT2D eigenvalue weighted by Gasteiger charge is 2.59. The molecule has 174 valence electrons. The molecule has 1 fully saturated rings. The van der Waals surface area contributed by atoms with Gasteiger partial charge in [-0.25, -0.2) is 14.5 Å². The van der Waals surface area contributed by atoms with E-state index >= 15 is 0 Å². The summed E-state index contributed by atoms with van der Waals surface area (Å²) >= 11 is 0. The molecule has 1 heterocycles. The summed E-state index contributed by atoms with van der Waals surface area (Å²) in [5.74, 6) is -0.445. The molecule has 1 aliphatic heterocycles. The smallest absolute Gasteiger partial charge is 0.419 e. The van der Waals surface area contributed by atoms with Crippen LogP contribution in [0.25, 0.3) is 0 Å². The van der Waals surface area contributed by atoms with E-state index in [1.54, 1.807) is 11.0 Å². The fourth-order valence-electron chi connectivity index (χ4n) is 4.62. The number of rotatable bonds is 7. The van der Waals surface area contributed by atoms with Gasteiger partial charge in [0.1, 0.15) is 24.1 Å². The van der Waals surface area contributed by atoms with E-state index in [9.17, 15) is 9.59 Å². The second kappa shape index (κ2) is 9.19. The first-order valence-electron chi connectivity index (χ1n) is 11.3. The Balaban J connectivity index is 1.33. The van der Waals surface area contributed by atoms with Gasteiger partial charge in [0.05, 0.1) is 11.4 Å². The molecule has 0 saturated carbocycles. The third kappa shape index (κ3) is 4.34. The first-order chi connectivity index (χ1) is 16.6. The van der Waals surface area contributed by atoms with Gasteiger partial charge < -0.3 is 19.3 Å². The zero-order valence-corrected chi connectivity index (χ0v) is 18.6. The fraction of sp³-hybridized carbons (Fsp3) is 0.259. The van der Waals surface area contributed by atoms with Crippen molar-refractivity contribution in [3.63, 3.8) is 0 Å². The molecule has 7 nitrogen and oxygen atoms in total. The van der Waals surface area contributed by atoms with E-state index in [2.05, 4.69) is 0 Å². The minimum absolute atomic E-state index is 0.131. The Morgan fingerprint density at radius 2 is 1.65 bits per heavy atom. The molecule has 2 unspecified atom stereocenters. The van der Waals surface area contributed by atoms with Crippen LogP contribution in [-0.2, 0) is 20.7 Å². The van der Waals surface area contributed by atoms with Gasteiger partial charge in [-0.3, -0.25) is 0 Å². The molecule has 1 amide bonds. The topological polar surface area (TPSA) is 88.6 Å². The summed E-state index contributed by atoms with van der Waals surface area (Å²) in [7, 11) is 0. The van der Waals surface area contributed by atoms with Crippen molar-refractivity contribution < 1.29 is 28.9 Å².